The topological polar surface area (TPSA) is 70.7 Å². The van der Waals surface area contributed by atoms with Crippen LogP contribution in [0.3, 0.4) is 0 Å². The molecule has 1 aliphatic heterocycles. The molecule has 6 nitrogen and oxygen atoms in total. The van der Waals surface area contributed by atoms with Gasteiger partial charge in [0, 0.05) is 34.6 Å². The number of fused-ring (bicyclic) bond motifs is 1. The van der Waals surface area contributed by atoms with Gasteiger partial charge >= 0.3 is 12.4 Å². The van der Waals surface area contributed by atoms with E-state index in [1.54, 1.807) is 12.1 Å². The van der Waals surface area contributed by atoms with Gasteiger partial charge in [0.15, 0.2) is 0 Å². The van der Waals surface area contributed by atoms with Crippen molar-refractivity contribution < 1.29 is 45.1 Å². The number of ether oxygens (including phenoxy) is 1. The third kappa shape index (κ3) is 6.85. The van der Waals surface area contributed by atoms with E-state index in [4.69, 9.17) is 4.74 Å². The minimum absolute atomic E-state index is 0.0108. The van der Waals surface area contributed by atoms with E-state index in [1.807, 2.05) is 6.07 Å². The molecule has 14 heteroatoms. The third-order valence-electron chi connectivity index (χ3n) is 7.44. The molecule has 1 aliphatic rings. The van der Waals surface area contributed by atoms with Crippen LogP contribution in [-0.4, -0.2) is 32.0 Å². The first kappa shape index (κ1) is 32.1. The molecule has 2 N–H and O–H groups in total. The number of piperidine rings is 1. The number of thiophene rings is 1. The van der Waals surface area contributed by atoms with E-state index in [9.17, 15) is 40.3 Å². The van der Waals surface area contributed by atoms with Crippen molar-refractivity contribution in [2.75, 3.05) is 35.7 Å². The molecule has 0 spiro atoms. The van der Waals surface area contributed by atoms with Crippen LogP contribution >= 0.6 is 11.3 Å². The van der Waals surface area contributed by atoms with E-state index in [1.165, 1.54) is 7.11 Å². The van der Waals surface area contributed by atoms with Gasteiger partial charge in [-0.3, -0.25) is 9.59 Å². The van der Waals surface area contributed by atoms with Crippen molar-refractivity contribution in [1.82, 2.24) is 0 Å². The Morgan fingerprint density at radius 1 is 0.933 bits per heavy atom. The summed E-state index contributed by atoms with van der Waals surface area (Å²) in [5.74, 6) is -2.66. The van der Waals surface area contributed by atoms with E-state index in [0.29, 0.717) is 29.4 Å². The fourth-order valence-electron chi connectivity index (χ4n) is 5.24. The van der Waals surface area contributed by atoms with Crippen molar-refractivity contribution in [3.63, 3.8) is 0 Å². The Bertz CT molecular complexity index is 1770. The lowest BCUT2D eigenvalue weighted by atomic mass is 9.99. The number of rotatable bonds is 6. The molecule has 0 aliphatic carbocycles. The number of carbonyl (C=O) groups excluding carboxylic acids is 2. The summed E-state index contributed by atoms with van der Waals surface area (Å²) >= 11 is 0.605. The minimum Gasteiger partial charge on any atom is -0.496 e. The van der Waals surface area contributed by atoms with Crippen LogP contribution in [0.1, 0.15) is 50.9 Å². The Morgan fingerprint density at radius 3 is 2.36 bits per heavy atom. The highest BCUT2D eigenvalue weighted by Crippen LogP contribution is 2.41. The van der Waals surface area contributed by atoms with E-state index >= 15 is 0 Å². The number of hydrogen-bond donors (Lipinski definition) is 2. The van der Waals surface area contributed by atoms with Crippen LogP contribution in [0.4, 0.5) is 47.8 Å². The minimum atomic E-state index is -5.05. The van der Waals surface area contributed by atoms with Crippen molar-refractivity contribution in [2.24, 2.45) is 5.92 Å². The van der Waals surface area contributed by atoms with Crippen molar-refractivity contribution in [1.29, 1.82) is 0 Å². The average molecular weight is 654 g/mol. The van der Waals surface area contributed by atoms with E-state index in [-0.39, 0.29) is 32.0 Å². The zero-order valence-electron chi connectivity index (χ0n) is 23.8. The second-order valence-electron chi connectivity index (χ2n) is 10.7. The summed E-state index contributed by atoms with van der Waals surface area (Å²) in [7, 11) is 1.37. The van der Waals surface area contributed by atoms with Gasteiger partial charge in [0.25, 0.3) is 11.8 Å². The fraction of sp³-hybridized carbons (Fsp3) is 0.290. The summed E-state index contributed by atoms with van der Waals surface area (Å²) in [6.45, 7) is 3.67. The maximum Gasteiger partial charge on any atom is 0.419 e. The van der Waals surface area contributed by atoms with Crippen LogP contribution in [0.5, 0.6) is 5.75 Å². The van der Waals surface area contributed by atoms with Crippen LogP contribution < -0.4 is 20.3 Å². The summed E-state index contributed by atoms with van der Waals surface area (Å²) < 4.78 is 99.4. The van der Waals surface area contributed by atoms with E-state index < -0.39 is 46.8 Å². The Morgan fingerprint density at radius 2 is 1.69 bits per heavy atom. The summed E-state index contributed by atoms with van der Waals surface area (Å²) in [4.78, 5) is 28.9. The molecule has 1 atom stereocenters. The van der Waals surface area contributed by atoms with Crippen LogP contribution in [-0.2, 0) is 12.4 Å². The number of amides is 2. The molecule has 0 saturated carbocycles. The first-order valence-electron chi connectivity index (χ1n) is 13.7. The molecule has 5 rings (SSSR count). The number of nitrogens with one attached hydrogen (secondary N) is 2. The maximum absolute atomic E-state index is 13.8. The molecular formula is C31H26F7N3O3S. The van der Waals surface area contributed by atoms with Crippen LogP contribution in [0.15, 0.2) is 54.6 Å². The first-order chi connectivity index (χ1) is 21.2. The molecule has 0 radical (unpaired) electrons. The van der Waals surface area contributed by atoms with Gasteiger partial charge in [-0.05, 0) is 67.3 Å². The number of methoxy groups -OCH3 is 1. The zero-order chi connectivity index (χ0) is 32.7. The van der Waals surface area contributed by atoms with E-state index in [0.717, 1.165) is 55.9 Å². The van der Waals surface area contributed by atoms with Crippen molar-refractivity contribution >= 4 is 50.3 Å². The lowest BCUT2D eigenvalue weighted by Crippen LogP contribution is -2.34. The predicted octanol–water partition coefficient (Wildman–Crippen LogP) is 8.83. The van der Waals surface area contributed by atoms with Gasteiger partial charge in [0.2, 0.25) is 0 Å². The number of halogens is 7. The Hall–Kier alpha value is -4.33. The molecule has 1 unspecified atom stereocenters. The SMILES string of the molecule is COc1ccc(N2CCCC(C)C2)cc1C(=O)Nc1c(C(=O)Nc2ccc(F)c(C(F)(F)F)c2)sc2cc(C(F)(F)F)ccc12. The molecule has 238 valence electrons. The van der Waals surface area contributed by atoms with Gasteiger partial charge in [-0.1, -0.05) is 13.0 Å². The van der Waals surface area contributed by atoms with Gasteiger partial charge in [0.1, 0.15) is 16.4 Å². The highest BCUT2D eigenvalue weighted by molar-refractivity contribution is 7.21. The monoisotopic (exact) mass is 653 g/mol. The van der Waals surface area contributed by atoms with Crippen LogP contribution in [0.25, 0.3) is 10.1 Å². The van der Waals surface area contributed by atoms with Crippen LogP contribution in [0, 0.1) is 11.7 Å². The Balaban J connectivity index is 1.54. The molecular weight excluding hydrogens is 627 g/mol. The van der Waals surface area contributed by atoms with Gasteiger partial charge in [-0.25, -0.2) is 4.39 Å². The Kier molecular flexibility index (Phi) is 8.71. The summed E-state index contributed by atoms with van der Waals surface area (Å²) in [6.07, 6.45) is -7.71. The zero-order valence-corrected chi connectivity index (χ0v) is 24.6. The maximum atomic E-state index is 13.8. The molecule has 1 fully saturated rings. The normalized spacial score (nSPS) is 15.7. The molecule has 1 saturated heterocycles. The molecule has 4 aromatic rings. The lowest BCUT2D eigenvalue weighted by molar-refractivity contribution is -0.140. The molecule has 2 amide bonds. The first-order valence-corrected chi connectivity index (χ1v) is 14.5. The number of anilines is 3. The van der Waals surface area contributed by atoms with Gasteiger partial charge in [0.05, 0.1) is 29.5 Å². The smallest absolute Gasteiger partial charge is 0.419 e. The third-order valence-corrected chi connectivity index (χ3v) is 8.59. The van der Waals surface area contributed by atoms with Gasteiger partial charge in [-0.15, -0.1) is 11.3 Å². The predicted molar refractivity (Wildman–Crippen MR) is 158 cm³/mol. The highest BCUT2D eigenvalue weighted by atomic mass is 32.1. The number of alkyl halides is 6. The van der Waals surface area contributed by atoms with Crippen LogP contribution in [0.2, 0.25) is 0 Å². The lowest BCUT2D eigenvalue weighted by Gasteiger charge is -2.33. The molecule has 45 heavy (non-hydrogen) atoms. The van der Waals surface area contributed by atoms with Gasteiger partial charge in [-0.2, -0.15) is 26.3 Å². The van der Waals surface area contributed by atoms with Crippen molar-refractivity contribution in [2.45, 2.75) is 32.1 Å². The Labute approximate surface area is 256 Å². The number of benzene rings is 3. The second-order valence-corrected chi connectivity index (χ2v) is 11.7. The fourth-order valence-corrected chi connectivity index (χ4v) is 6.33. The summed E-state index contributed by atoms with van der Waals surface area (Å²) in [5.41, 5.74) is -2.32. The average Bonchev–Trinajstić information content (AvgIpc) is 3.34. The molecule has 0 bridgehead atoms. The standard InChI is InChI=1S/C31H26F7N3O3S/c1-16-4-3-11-41(15-16)19-7-10-24(44-2)21(14-19)28(42)40-26-20-8-5-17(30(33,34)35)12-25(20)45-27(26)29(43)39-18-6-9-23(32)22(13-18)31(36,37)38/h5-10,12-14,16H,3-4,11,15H2,1-2H3,(H,39,43)(H,40,42). The second kappa shape index (κ2) is 12.2. The number of hydrogen-bond acceptors (Lipinski definition) is 5. The molecule has 3 aromatic carbocycles. The summed E-state index contributed by atoms with van der Waals surface area (Å²) in [6, 6.07) is 9.60. The molecule has 1 aromatic heterocycles. The largest absolute Gasteiger partial charge is 0.496 e. The summed E-state index contributed by atoms with van der Waals surface area (Å²) in [5, 5.41) is 4.96. The highest BCUT2D eigenvalue weighted by Gasteiger charge is 2.35. The van der Waals surface area contributed by atoms with E-state index in [2.05, 4.69) is 22.5 Å². The van der Waals surface area contributed by atoms with Gasteiger partial charge < -0.3 is 20.3 Å². The number of nitrogens with zero attached hydrogens (tertiary/aromatic N) is 1. The number of carbonyl (C=O) groups is 2. The quantitative estimate of drug-likeness (QED) is 0.204. The molecule has 2 heterocycles. The van der Waals surface area contributed by atoms with Crippen molar-refractivity contribution in [3.8, 4) is 5.75 Å². The van der Waals surface area contributed by atoms with Crippen molar-refractivity contribution in [3.05, 3.63) is 82.0 Å².